The average molecular weight is 292 g/mol. The molecule has 18 heavy (non-hydrogen) atoms. The Labute approximate surface area is 113 Å². The highest BCUT2D eigenvalue weighted by molar-refractivity contribution is 8.13. The molecule has 0 bridgehead atoms. The Morgan fingerprint density at radius 2 is 2.06 bits per heavy atom. The number of halogens is 1. The van der Waals surface area contributed by atoms with Gasteiger partial charge in [0.25, 0.3) is 9.05 Å². The van der Waals surface area contributed by atoms with Crippen LogP contribution in [0.4, 0.5) is 5.69 Å². The second-order valence-electron chi connectivity index (χ2n) is 3.82. The molecular weight excluding hydrogens is 274 g/mol. The lowest BCUT2D eigenvalue weighted by atomic mass is 10.3. The molecule has 1 heterocycles. The summed E-state index contributed by atoms with van der Waals surface area (Å²) in [5, 5.41) is 9.40. The van der Waals surface area contributed by atoms with Crippen molar-refractivity contribution in [1.82, 2.24) is 0 Å². The Hall–Kier alpha value is -0.780. The maximum absolute atomic E-state index is 11.2. The number of hydrogen-bond donors (Lipinski definition) is 1. The maximum Gasteiger partial charge on any atom is 0.261 e. The van der Waals surface area contributed by atoms with Crippen molar-refractivity contribution < 1.29 is 13.5 Å². The molecule has 1 aromatic carbocycles. The molecule has 1 aliphatic rings. The third kappa shape index (κ3) is 3.86. The van der Waals surface area contributed by atoms with Crippen LogP contribution >= 0.6 is 10.7 Å². The quantitative estimate of drug-likeness (QED) is 0.849. The third-order valence-electron chi connectivity index (χ3n) is 2.63. The fraction of sp³-hybridized carbons (Fsp3) is 0.500. The molecule has 2 rings (SSSR count). The van der Waals surface area contributed by atoms with Gasteiger partial charge in [-0.05, 0) is 24.6 Å². The second kappa shape index (κ2) is 6.41. The Bertz CT molecular complexity index is 490. The molecule has 0 saturated carbocycles. The van der Waals surface area contributed by atoms with Crippen LogP contribution in [-0.4, -0.2) is 32.7 Å². The molecule has 1 N–H and O–H groups in total. The summed E-state index contributed by atoms with van der Waals surface area (Å²) in [6.45, 7) is 5.26. The van der Waals surface area contributed by atoms with E-state index in [0.29, 0.717) is 13.0 Å². The number of anilines is 1. The highest BCUT2D eigenvalue weighted by Gasteiger charge is 2.21. The van der Waals surface area contributed by atoms with Crippen molar-refractivity contribution in [2.45, 2.75) is 31.3 Å². The molecule has 1 atom stereocenters. The number of nitrogens with zero attached hydrogens (tertiary/aromatic N) is 1. The van der Waals surface area contributed by atoms with E-state index in [1.807, 2.05) is 24.8 Å². The van der Waals surface area contributed by atoms with Gasteiger partial charge in [0.15, 0.2) is 0 Å². The lowest BCUT2D eigenvalue weighted by molar-refractivity contribution is 0.198. The van der Waals surface area contributed by atoms with E-state index in [4.69, 9.17) is 10.7 Å². The Balaban J connectivity index is 0.000000771. The highest BCUT2D eigenvalue weighted by Crippen LogP contribution is 2.24. The van der Waals surface area contributed by atoms with Crippen molar-refractivity contribution in [2.24, 2.45) is 0 Å². The molecule has 6 heteroatoms. The van der Waals surface area contributed by atoms with E-state index < -0.39 is 9.05 Å². The van der Waals surface area contributed by atoms with Gasteiger partial charge in [0.05, 0.1) is 11.0 Å². The average Bonchev–Trinajstić information content (AvgIpc) is 2.78. The molecule has 1 saturated heterocycles. The Morgan fingerprint density at radius 1 is 1.39 bits per heavy atom. The zero-order valence-electron chi connectivity index (χ0n) is 10.5. The van der Waals surface area contributed by atoms with E-state index in [0.717, 1.165) is 12.2 Å². The van der Waals surface area contributed by atoms with E-state index in [9.17, 15) is 13.5 Å². The minimum atomic E-state index is -3.69. The monoisotopic (exact) mass is 291 g/mol. The van der Waals surface area contributed by atoms with Crippen LogP contribution in [0.2, 0.25) is 0 Å². The molecule has 1 fully saturated rings. The largest absolute Gasteiger partial charge is 0.391 e. The minimum Gasteiger partial charge on any atom is -0.391 e. The van der Waals surface area contributed by atoms with Crippen molar-refractivity contribution in [3.8, 4) is 0 Å². The van der Waals surface area contributed by atoms with E-state index >= 15 is 0 Å². The molecule has 0 aliphatic carbocycles. The first-order valence-electron chi connectivity index (χ1n) is 5.94. The number of rotatable bonds is 2. The van der Waals surface area contributed by atoms with Gasteiger partial charge in [-0.15, -0.1) is 0 Å². The first-order chi connectivity index (χ1) is 8.47. The summed E-state index contributed by atoms with van der Waals surface area (Å²) < 4.78 is 22.3. The molecule has 0 spiro atoms. The summed E-state index contributed by atoms with van der Waals surface area (Å²) in [4.78, 5) is 2.03. The summed E-state index contributed by atoms with van der Waals surface area (Å²) in [6.07, 6.45) is 0.369. The van der Waals surface area contributed by atoms with E-state index in [1.54, 1.807) is 6.07 Å². The van der Waals surface area contributed by atoms with Crippen molar-refractivity contribution in [3.63, 3.8) is 0 Å². The van der Waals surface area contributed by atoms with Gasteiger partial charge in [-0.3, -0.25) is 0 Å². The first-order valence-corrected chi connectivity index (χ1v) is 8.25. The van der Waals surface area contributed by atoms with Crippen LogP contribution < -0.4 is 4.90 Å². The molecule has 0 radical (unpaired) electrons. The van der Waals surface area contributed by atoms with Gasteiger partial charge in [-0.1, -0.05) is 19.9 Å². The molecule has 1 aliphatic heterocycles. The molecule has 102 valence electrons. The minimum absolute atomic E-state index is 0.0908. The zero-order valence-corrected chi connectivity index (χ0v) is 12.1. The van der Waals surface area contributed by atoms with Gasteiger partial charge in [-0.25, -0.2) is 8.42 Å². The highest BCUT2D eigenvalue weighted by atomic mass is 35.7. The van der Waals surface area contributed by atoms with Crippen LogP contribution in [0.3, 0.4) is 0 Å². The second-order valence-corrected chi connectivity index (χ2v) is 6.39. The summed E-state index contributed by atoms with van der Waals surface area (Å²) in [5.41, 5.74) is 0.776. The summed E-state index contributed by atoms with van der Waals surface area (Å²) in [7, 11) is 1.58. The molecule has 1 unspecified atom stereocenters. The number of β-amino-alcohol motifs (C(OH)–C–C–N with tert-alkyl or cyclic N) is 1. The maximum atomic E-state index is 11.2. The fourth-order valence-electron chi connectivity index (χ4n) is 1.81. The summed E-state index contributed by atoms with van der Waals surface area (Å²) in [5.74, 6) is 0. The zero-order chi connectivity index (χ0) is 13.8. The summed E-state index contributed by atoms with van der Waals surface area (Å²) >= 11 is 0. The fourth-order valence-corrected chi connectivity index (χ4v) is 2.60. The third-order valence-corrected chi connectivity index (χ3v) is 3.98. The van der Waals surface area contributed by atoms with Crippen LogP contribution in [0.15, 0.2) is 29.2 Å². The molecule has 4 nitrogen and oxygen atoms in total. The van der Waals surface area contributed by atoms with Crippen LogP contribution in [0.25, 0.3) is 0 Å². The van der Waals surface area contributed by atoms with E-state index in [1.165, 1.54) is 12.1 Å². The van der Waals surface area contributed by atoms with Gasteiger partial charge >= 0.3 is 0 Å². The lowest BCUT2D eigenvalue weighted by Crippen LogP contribution is -2.21. The van der Waals surface area contributed by atoms with E-state index in [-0.39, 0.29) is 11.0 Å². The topological polar surface area (TPSA) is 57.6 Å². The van der Waals surface area contributed by atoms with Crippen molar-refractivity contribution in [2.75, 3.05) is 18.0 Å². The van der Waals surface area contributed by atoms with E-state index in [2.05, 4.69) is 0 Å². The van der Waals surface area contributed by atoms with Crippen LogP contribution in [0, 0.1) is 0 Å². The molecule has 0 aromatic heterocycles. The van der Waals surface area contributed by atoms with Gasteiger partial charge < -0.3 is 10.0 Å². The first kappa shape index (κ1) is 15.3. The Kier molecular flexibility index (Phi) is 5.44. The van der Waals surface area contributed by atoms with Crippen LogP contribution in [-0.2, 0) is 9.05 Å². The predicted octanol–water partition coefficient (Wildman–Crippen LogP) is 2.21. The van der Waals surface area contributed by atoms with Gasteiger partial charge in [0.1, 0.15) is 0 Å². The normalized spacial score (nSPS) is 19.3. The molecule has 0 amide bonds. The SMILES string of the molecule is CC.O=S(=O)(Cl)c1cccc(N2CCC(O)C2)c1. The van der Waals surface area contributed by atoms with Crippen LogP contribution in [0.1, 0.15) is 20.3 Å². The van der Waals surface area contributed by atoms with Crippen molar-refractivity contribution in [1.29, 1.82) is 0 Å². The van der Waals surface area contributed by atoms with Crippen molar-refractivity contribution >= 4 is 25.4 Å². The smallest absolute Gasteiger partial charge is 0.261 e. The number of benzene rings is 1. The summed E-state index contributed by atoms with van der Waals surface area (Å²) in [6, 6.07) is 6.44. The number of hydrogen-bond acceptors (Lipinski definition) is 4. The predicted molar refractivity (Wildman–Crippen MR) is 73.7 cm³/mol. The molecule has 1 aromatic rings. The number of aliphatic hydroxyl groups excluding tert-OH is 1. The van der Waals surface area contributed by atoms with Crippen molar-refractivity contribution in [3.05, 3.63) is 24.3 Å². The lowest BCUT2D eigenvalue weighted by Gasteiger charge is -2.18. The van der Waals surface area contributed by atoms with Gasteiger partial charge in [-0.2, -0.15) is 0 Å². The standard InChI is InChI=1S/C10H12ClNO3S.C2H6/c11-16(14,15)10-3-1-2-8(6-10)12-5-4-9(13)7-12;1-2/h1-3,6,9,13H,4-5,7H2;1-2H3. The van der Waals surface area contributed by atoms with Gasteiger partial charge in [0.2, 0.25) is 0 Å². The molecular formula is C12H18ClNO3S. The van der Waals surface area contributed by atoms with Crippen LogP contribution in [0.5, 0.6) is 0 Å². The number of aliphatic hydroxyl groups is 1. The van der Waals surface area contributed by atoms with Gasteiger partial charge in [0, 0.05) is 29.5 Å². The Morgan fingerprint density at radius 3 is 2.56 bits per heavy atom.